The van der Waals surface area contributed by atoms with Gasteiger partial charge in [0.2, 0.25) is 0 Å². The molecule has 0 unspecified atom stereocenters. The fraction of sp³-hybridized carbons (Fsp3) is 0.263. The number of urea groups is 1. The normalized spacial score (nSPS) is 10.8. The molecule has 0 aliphatic rings. The first-order valence-corrected chi connectivity index (χ1v) is 8.26. The van der Waals surface area contributed by atoms with Gasteiger partial charge < -0.3 is 15.1 Å². The number of carbonyl (C=O) groups is 1. The summed E-state index contributed by atoms with van der Waals surface area (Å²) in [4.78, 5) is 24.0. The van der Waals surface area contributed by atoms with Gasteiger partial charge in [0, 0.05) is 24.0 Å². The third-order valence-electron chi connectivity index (χ3n) is 4.14. The van der Waals surface area contributed by atoms with Crippen LogP contribution in [0.15, 0.2) is 45.6 Å². The van der Waals surface area contributed by atoms with Crippen LogP contribution < -0.4 is 16.4 Å². The standard InChI is InChI=1S/C19H21N3O3/c1-4-9-22-16-8-7-15(11-17(16)25-19(22)24)21-18(23)20-14-6-5-12(2)13(3)10-14/h5-8,10-11H,4,9H2,1-3H3,(H2,20,21,23). The lowest BCUT2D eigenvalue weighted by Gasteiger charge is -2.09. The average Bonchev–Trinajstić information content (AvgIpc) is 2.86. The first-order chi connectivity index (χ1) is 12.0. The Morgan fingerprint density at radius 2 is 1.72 bits per heavy atom. The Morgan fingerprint density at radius 3 is 2.40 bits per heavy atom. The van der Waals surface area contributed by atoms with Crippen molar-refractivity contribution >= 4 is 28.5 Å². The van der Waals surface area contributed by atoms with Crippen LogP contribution in [0.25, 0.3) is 11.1 Å². The maximum absolute atomic E-state index is 12.2. The maximum Gasteiger partial charge on any atom is 0.419 e. The average molecular weight is 339 g/mol. The van der Waals surface area contributed by atoms with Crippen LogP contribution in [0, 0.1) is 13.8 Å². The summed E-state index contributed by atoms with van der Waals surface area (Å²) < 4.78 is 6.85. The summed E-state index contributed by atoms with van der Waals surface area (Å²) in [6.45, 7) is 6.62. The monoisotopic (exact) mass is 339 g/mol. The summed E-state index contributed by atoms with van der Waals surface area (Å²) in [6.07, 6.45) is 0.840. The van der Waals surface area contributed by atoms with Crippen molar-refractivity contribution in [3.63, 3.8) is 0 Å². The van der Waals surface area contributed by atoms with Gasteiger partial charge in [-0.15, -0.1) is 0 Å². The Bertz CT molecular complexity index is 985. The Morgan fingerprint density at radius 1 is 1.04 bits per heavy atom. The molecule has 0 atom stereocenters. The van der Waals surface area contributed by atoms with Crippen LogP contribution in [0.3, 0.4) is 0 Å². The van der Waals surface area contributed by atoms with Gasteiger partial charge in [-0.1, -0.05) is 13.0 Å². The zero-order valence-corrected chi connectivity index (χ0v) is 14.6. The quantitative estimate of drug-likeness (QED) is 0.745. The van der Waals surface area contributed by atoms with Crippen molar-refractivity contribution in [2.24, 2.45) is 0 Å². The van der Waals surface area contributed by atoms with Gasteiger partial charge in [-0.2, -0.15) is 0 Å². The van der Waals surface area contributed by atoms with Crippen molar-refractivity contribution in [2.75, 3.05) is 10.6 Å². The molecule has 0 radical (unpaired) electrons. The molecular weight excluding hydrogens is 318 g/mol. The Kier molecular flexibility index (Phi) is 4.61. The lowest BCUT2D eigenvalue weighted by molar-refractivity contribution is 0.262. The molecule has 1 aromatic heterocycles. The lowest BCUT2D eigenvalue weighted by Crippen LogP contribution is -2.19. The summed E-state index contributed by atoms with van der Waals surface area (Å²) in [5, 5.41) is 5.55. The molecule has 6 heteroatoms. The summed E-state index contributed by atoms with van der Waals surface area (Å²) in [5.74, 6) is -0.381. The van der Waals surface area contributed by atoms with Crippen molar-refractivity contribution in [1.82, 2.24) is 4.57 Å². The second kappa shape index (κ2) is 6.84. The molecule has 0 aliphatic heterocycles. The van der Waals surface area contributed by atoms with E-state index in [9.17, 15) is 9.59 Å². The number of fused-ring (bicyclic) bond motifs is 1. The number of benzene rings is 2. The molecule has 2 aromatic carbocycles. The van der Waals surface area contributed by atoms with Crippen LogP contribution >= 0.6 is 0 Å². The summed E-state index contributed by atoms with van der Waals surface area (Å²) in [6, 6.07) is 10.6. The minimum atomic E-state index is -0.381. The molecule has 2 N–H and O–H groups in total. The highest BCUT2D eigenvalue weighted by Crippen LogP contribution is 2.19. The Hall–Kier alpha value is -3.02. The predicted molar refractivity (Wildman–Crippen MR) is 99.3 cm³/mol. The largest absolute Gasteiger partial charge is 0.419 e. The van der Waals surface area contributed by atoms with Crippen molar-refractivity contribution in [2.45, 2.75) is 33.7 Å². The lowest BCUT2D eigenvalue weighted by atomic mass is 10.1. The fourth-order valence-corrected chi connectivity index (χ4v) is 2.69. The molecule has 130 valence electrons. The van der Waals surface area contributed by atoms with Crippen LogP contribution in [-0.2, 0) is 6.54 Å². The Balaban J connectivity index is 1.77. The van der Waals surface area contributed by atoms with Gasteiger partial charge in [0.05, 0.1) is 5.52 Å². The highest BCUT2D eigenvalue weighted by molar-refractivity contribution is 6.00. The number of hydrogen-bond donors (Lipinski definition) is 2. The zero-order chi connectivity index (χ0) is 18.0. The minimum absolute atomic E-state index is 0.349. The molecule has 6 nitrogen and oxygen atoms in total. The molecule has 0 bridgehead atoms. The summed E-state index contributed by atoms with van der Waals surface area (Å²) in [5.41, 5.74) is 4.75. The van der Waals surface area contributed by atoms with E-state index in [1.807, 2.05) is 39.0 Å². The van der Waals surface area contributed by atoms with Crippen molar-refractivity contribution in [3.05, 3.63) is 58.1 Å². The number of rotatable bonds is 4. The van der Waals surface area contributed by atoms with E-state index in [2.05, 4.69) is 10.6 Å². The minimum Gasteiger partial charge on any atom is -0.408 e. The van der Waals surface area contributed by atoms with Crippen LogP contribution in [0.1, 0.15) is 24.5 Å². The van der Waals surface area contributed by atoms with Gasteiger partial charge in [0.15, 0.2) is 5.58 Å². The number of nitrogens with zero attached hydrogens (tertiary/aromatic N) is 1. The van der Waals surface area contributed by atoms with E-state index < -0.39 is 0 Å². The number of amides is 2. The van der Waals surface area contributed by atoms with Gasteiger partial charge in [0.25, 0.3) is 0 Å². The highest BCUT2D eigenvalue weighted by atomic mass is 16.4. The van der Waals surface area contributed by atoms with Gasteiger partial charge in [-0.3, -0.25) is 4.57 Å². The van der Waals surface area contributed by atoms with Crippen LogP contribution in [-0.4, -0.2) is 10.6 Å². The van der Waals surface area contributed by atoms with E-state index in [4.69, 9.17) is 4.42 Å². The van der Waals surface area contributed by atoms with E-state index in [1.165, 1.54) is 5.56 Å². The number of oxazole rings is 1. The van der Waals surface area contributed by atoms with E-state index >= 15 is 0 Å². The maximum atomic E-state index is 12.2. The molecule has 0 saturated carbocycles. The van der Waals surface area contributed by atoms with Gasteiger partial charge in [0.1, 0.15) is 0 Å². The molecule has 0 spiro atoms. The van der Waals surface area contributed by atoms with Gasteiger partial charge in [-0.05, 0) is 55.7 Å². The summed E-state index contributed by atoms with van der Waals surface area (Å²) in [7, 11) is 0. The van der Waals surface area contributed by atoms with E-state index in [1.54, 1.807) is 22.8 Å². The number of carbonyl (C=O) groups excluding carboxylic acids is 1. The number of nitrogens with one attached hydrogen (secondary N) is 2. The topological polar surface area (TPSA) is 76.3 Å². The number of anilines is 2. The third kappa shape index (κ3) is 3.57. The van der Waals surface area contributed by atoms with Crippen LogP contribution in [0.5, 0.6) is 0 Å². The zero-order valence-electron chi connectivity index (χ0n) is 14.6. The molecule has 3 rings (SSSR count). The van der Waals surface area contributed by atoms with Gasteiger partial charge >= 0.3 is 11.8 Å². The van der Waals surface area contributed by atoms with E-state index in [-0.39, 0.29) is 11.8 Å². The predicted octanol–water partition coefficient (Wildman–Crippen LogP) is 4.27. The number of aromatic nitrogens is 1. The highest BCUT2D eigenvalue weighted by Gasteiger charge is 2.10. The van der Waals surface area contributed by atoms with Crippen LogP contribution in [0.2, 0.25) is 0 Å². The first kappa shape index (κ1) is 16.8. The molecule has 0 aliphatic carbocycles. The second-order valence-corrected chi connectivity index (χ2v) is 6.08. The Labute approximate surface area is 145 Å². The number of hydrogen-bond acceptors (Lipinski definition) is 3. The molecule has 1 heterocycles. The fourth-order valence-electron chi connectivity index (χ4n) is 2.69. The van der Waals surface area contributed by atoms with Crippen LogP contribution in [0.4, 0.5) is 16.2 Å². The SMILES string of the molecule is CCCn1c(=O)oc2cc(NC(=O)Nc3ccc(C)c(C)c3)ccc21. The molecule has 0 fully saturated rings. The van der Waals surface area contributed by atoms with Gasteiger partial charge in [-0.25, -0.2) is 9.59 Å². The second-order valence-electron chi connectivity index (χ2n) is 6.08. The third-order valence-corrected chi connectivity index (χ3v) is 4.14. The van der Waals surface area contributed by atoms with E-state index in [0.29, 0.717) is 17.8 Å². The molecule has 2 amide bonds. The first-order valence-electron chi connectivity index (χ1n) is 8.26. The van der Waals surface area contributed by atoms with Crippen molar-refractivity contribution in [1.29, 1.82) is 0 Å². The molecule has 3 aromatic rings. The van der Waals surface area contributed by atoms with Crippen molar-refractivity contribution in [3.8, 4) is 0 Å². The summed E-state index contributed by atoms with van der Waals surface area (Å²) >= 11 is 0. The van der Waals surface area contributed by atoms with Crippen molar-refractivity contribution < 1.29 is 9.21 Å². The van der Waals surface area contributed by atoms with E-state index in [0.717, 1.165) is 23.2 Å². The molecule has 25 heavy (non-hydrogen) atoms. The number of aryl methyl sites for hydroxylation is 3. The molecule has 0 saturated heterocycles. The smallest absolute Gasteiger partial charge is 0.408 e. The molecular formula is C19H21N3O3.